The van der Waals surface area contributed by atoms with Gasteiger partial charge in [-0.05, 0) is 0 Å². The molecule has 0 atom stereocenters. The van der Waals surface area contributed by atoms with Crippen LogP contribution in [-0.4, -0.2) is 131 Å². The molecule has 0 saturated carbocycles. The summed E-state index contributed by atoms with van der Waals surface area (Å²) in [6, 6.07) is 0. The van der Waals surface area contributed by atoms with Crippen LogP contribution in [-0.2, 0) is 0 Å². The van der Waals surface area contributed by atoms with Crippen molar-refractivity contribution in [1.29, 1.82) is 0 Å². The van der Waals surface area contributed by atoms with Crippen LogP contribution in [0.4, 0.5) is 0 Å². The molecule has 4 N–H and O–H groups in total. The third kappa shape index (κ3) is 56.1. The molecular formula is H10Ca2O4PbSi. The third-order valence-corrected chi connectivity index (χ3v) is 0. The molecule has 8 heteroatoms. The van der Waals surface area contributed by atoms with Crippen molar-refractivity contribution < 1.29 is 19.2 Å². The third-order valence-electron chi connectivity index (χ3n) is 0. The predicted octanol–water partition coefficient (Wildman–Crippen LogP) is -5.36. The molecule has 0 heterocycles. The van der Waals surface area contributed by atoms with Crippen LogP contribution in [0.25, 0.3) is 0 Å². The summed E-state index contributed by atoms with van der Waals surface area (Å²) in [6.07, 6.45) is 0. The summed E-state index contributed by atoms with van der Waals surface area (Å²) in [7, 11) is -4.61. The Morgan fingerprint density at radius 2 is 0.750 bits per heavy atom. The molecule has 0 amide bonds. The van der Waals surface area contributed by atoms with Crippen molar-refractivity contribution in [3.63, 3.8) is 0 Å². The monoisotopic (exact) mass is 390 g/mol. The van der Waals surface area contributed by atoms with E-state index in [9.17, 15) is 0 Å². The van der Waals surface area contributed by atoms with Crippen LogP contribution in [0, 0.1) is 0 Å². The Labute approximate surface area is 128 Å². The molecule has 0 spiro atoms. The van der Waals surface area contributed by atoms with Crippen molar-refractivity contribution in [1.82, 2.24) is 0 Å². The van der Waals surface area contributed by atoms with E-state index in [1.54, 1.807) is 0 Å². The van der Waals surface area contributed by atoms with Gasteiger partial charge >= 0.3 is 112 Å². The normalized spacial score (nSPS) is 7.50. The van der Waals surface area contributed by atoms with Crippen molar-refractivity contribution in [3.8, 4) is 0 Å². The molecule has 0 aromatic carbocycles. The van der Waals surface area contributed by atoms with Gasteiger partial charge in [-0.2, -0.15) is 0 Å². The van der Waals surface area contributed by atoms with E-state index in [1.807, 2.05) is 0 Å². The van der Waals surface area contributed by atoms with Crippen molar-refractivity contribution in [2.24, 2.45) is 0 Å². The van der Waals surface area contributed by atoms with Gasteiger partial charge in [0.2, 0.25) is 0 Å². The average Bonchev–Trinajstić information content (AvgIpc) is 0.722. The summed E-state index contributed by atoms with van der Waals surface area (Å²) in [4.78, 5) is 29.3. The summed E-state index contributed by atoms with van der Waals surface area (Å²) < 4.78 is 0. The van der Waals surface area contributed by atoms with Gasteiger partial charge in [0, 0.05) is 0 Å². The second-order valence-electron chi connectivity index (χ2n) is 0.600. The zero-order chi connectivity index (χ0) is 4.50. The molecule has 0 rings (SSSR count). The van der Waals surface area contributed by atoms with E-state index in [-0.39, 0.29) is 103 Å². The molecule has 0 fully saturated rings. The first-order valence-corrected chi connectivity index (χ1v) is 2.68. The van der Waals surface area contributed by atoms with Gasteiger partial charge in [0.15, 0.2) is 0 Å². The van der Waals surface area contributed by atoms with Gasteiger partial charge < -0.3 is 19.2 Å². The van der Waals surface area contributed by atoms with Crippen LogP contribution in [0.5, 0.6) is 0 Å². The summed E-state index contributed by atoms with van der Waals surface area (Å²) >= 11 is 0. The van der Waals surface area contributed by atoms with Crippen LogP contribution >= 0.6 is 0 Å². The molecular weight excluding hydrogens is 379 g/mol. The van der Waals surface area contributed by atoms with Crippen molar-refractivity contribution in [2.75, 3.05) is 0 Å². The molecule has 0 aliphatic rings. The quantitative estimate of drug-likeness (QED) is 0.312. The van der Waals surface area contributed by atoms with Gasteiger partial charge in [0.25, 0.3) is 0 Å². The van der Waals surface area contributed by atoms with Crippen LogP contribution < -0.4 is 0 Å². The summed E-state index contributed by atoms with van der Waals surface area (Å²) in [6.45, 7) is 0. The van der Waals surface area contributed by atoms with E-state index >= 15 is 0 Å². The maximum atomic E-state index is 7.33. The first-order valence-electron chi connectivity index (χ1n) is 0.894. The Morgan fingerprint density at radius 3 is 0.750 bits per heavy atom. The standard InChI is InChI=1S/2Ca.H4O4Si.Pb.6H/c;;1-5(2,3)4;;;;;;;/h;;1-4H;;;;;;;. The fraction of sp³-hybridized carbons (Fsp3) is 0. The summed E-state index contributed by atoms with van der Waals surface area (Å²) in [5.74, 6) is 0. The molecule has 0 unspecified atom stereocenters. The van der Waals surface area contributed by atoms with Gasteiger partial charge in [0.05, 0.1) is 0 Å². The Balaban J connectivity index is -0.0000000267. The van der Waals surface area contributed by atoms with Crippen molar-refractivity contribution in [2.45, 2.75) is 0 Å². The molecule has 0 aliphatic heterocycles. The van der Waals surface area contributed by atoms with E-state index in [4.69, 9.17) is 19.2 Å². The average molecular weight is 390 g/mol. The van der Waals surface area contributed by atoms with Crippen molar-refractivity contribution in [3.05, 3.63) is 0 Å². The first-order chi connectivity index (χ1) is 2.00. The molecule has 0 aromatic rings. The summed E-state index contributed by atoms with van der Waals surface area (Å²) in [5, 5.41) is 0. The zero-order valence-corrected chi connectivity index (χ0v) is 9.49. The maximum absolute atomic E-state index is 7.33. The Kier molecular flexibility index (Phi) is 29.6. The molecule has 0 aromatic heterocycles. The fourth-order valence-corrected chi connectivity index (χ4v) is 0. The Morgan fingerprint density at radius 1 is 0.750 bits per heavy atom. The fourth-order valence-electron chi connectivity index (χ4n) is 0. The second-order valence-corrected chi connectivity index (χ2v) is 1.80. The molecule has 0 bridgehead atoms. The Bertz CT molecular complexity index is 29.5. The minimum absolute atomic E-state index is 0. The van der Waals surface area contributed by atoms with Gasteiger partial charge in [-0.1, -0.05) is 0 Å². The molecule has 8 heavy (non-hydrogen) atoms. The predicted molar refractivity (Wildman–Crippen MR) is 40.3 cm³/mol. The first kappa shape index (κ1) is 22.5. The molecule has 0 aliphatic carbocycles. The molecule has 4 nitrogen and oxygen atoms in total. The number of rotatable bonds is 0. The van der Waals surface area contributed by atoms with Crippen LogP contribution in [0.1, 0.15) is 0 Å². The zero-order valence-electron chi connectivity index (χ0n) is 3.00. The van der Waals surface area contributed by atoms with Gasteiger partial charge in [-0.25, -0.2) is 0 Å². The van der Waals surface area contributed by atoms with Crippen molar-refractivity contribution >= 4 is 112 Å². The van der Waals surface area contributed by atoms with Gasteiger partial charge in [-0.3, -0.25) is 0 Å². The van der Waals surface area contributed by atoms with Crippen LogP contribution in [0.3, 0.4) is 0 Å². The molecule has 46 valence electrons. The number of hydrogen-bond acceptors (Lipinski definition) is 4. The minimum atomic E-state index is -4.61. The SMILES string of the molecule is O[Si](O)(O)O.[CaH2].[CaH2].[PbH2]. The van der Waals surface area contributed by atoms with E-state index in [0.29, 0.717) is 0 Å². The topological polar surface area (TPSA) is 80.9 Å². The van der Waals surface area contributed by atoms with E-state index in [0.717, 1.165) is 0 Å². The summed E-state index contributed by atoms with van der Waals surface area (Å²) in [5.41, 5.74) is 0. The number of hydrogen-bond donors (Lipinski definition) is 4. The molecule has 2 radical (unpaired) electrons. The van der Waals surface area contributed by atoms with Gasteiger partial charge in [0.1, 0.15) is 0 Å². The van der Waals surface area contributed by atoms with E-state index in [1.165, 1.54) is 0 Å². The van der Waals surface area contributed by atoms with Gasteiger partial charge in [-0.15, -0.1) is 0 Å². The molecule has 0 saturated heterocycles. The van der Waals surface area contributed by atoms with E-state index in [2.05, 4.69) is 0 Å². The van der Waals surface area contributed by atoms with E-state index < -0.39 is 9.05 Å². The van der Waals surface area contributed by atoms with Crippen LogP contribution in [0.2, 0.25) is 0 Å². The second kappa shape index (κ2) is 10.5. The van der Waals surface area contributed by atoms with Crippen LogP contribution in [0.15, 0.2) is 0 Å². The Hall–Kier alpha value is 3.50.